The summed E-state index contributed by atoms with van der Waals surface area (Å²) in [6.07, 6.45) is 3.60. The Balaban J connectivity index is 1.54. The molecule has 0 radical (unpaired) electrons. The molecule has 0 N–H and O–H groups in total. The van der Waals surface area contributed by atoms with Crippen molar-refractivity contribution in [1.29, 1.82) is 0 Å². The summed E-state index contributed by atoms with van der Waals surface area (Å²) in [5.41, 5.74) is 5.66. The van der Waals surface area contributed by atoms with E-state index in [4.69, 9.17) is 9.47 Å². The molecule has 3 heteroatoms. The Morgan fingerprint density at radius 1 is 1.00 bits per heavy atom. The minimum Gasteiger partial charge on any atom is -0.489 e. The second kappa shape index (κ2) is 7.80. The van der Waals surface area contributed by atoms with Gasteiger partial charge in [-0.15, -0.1) is 0 Å². The number of carbonyl (C=O) groups excluding carboxylic acids is 1. The summed E-state index contributed by atoms with van der Waals surface area (Å²) in [4.78, 5) is 12.8. The smallest absolute Gasteiger partial charge is 0.232 e. The van der Waals surface area contributed by atoms with Gasteiger partial charge < -0.3 is 9.47 Å². The minimum absolute atomic E-state index is 0.0921. The molecule has 144 valence electrons. The molecule has 0 amide bonds. The summed E-state index contributed by atoms with van der Waals surface area (Å²) in [6.45, 7) is 8.13. The number of ether oxygens (including phenoxy) is 2. The molecule has 0 saturated carbocycles. The summed E-state index contributed by atoms with van der Waals surface area (Å²) in [7, 11) is 0. The Morgan fingerprint density at radius 3 is 2.52 bits per heavy atom. The summed E-state index contributed by atoms with van der Waals surface area (Å²) < 4.78 is 11.8. The Hall–Kier alpha value is -3.59. The number of fused-ring (bicyclic) bond motifs is 1. The van der Waals surface area contributed by atoms with Crippen molar-refractivity contribution in [3.8, 4) is 11.5 Å². The predicted molar refractivity (Wildman–Crippen MR) is 116 cm³/mol. The van der Waals surface area contributed by atoms with Crippen LogP contribution in [0, 0.1) is 13.8 Å². The molecule has 1 aliphatic heterocycles. The molecule has 0 aromatic heterocycles. The number of benzene rings is 3. The number of hydrogen-bond acceptors (Lipinski definition) is 3. The van der Waals surface area contributed by atoms with E-state index in [0.29, 0.717) is 29.4 Å². The lowest BCUT2D eigenvalue weighted by atomic mass is 10.0. The van der Waals surface area contributed by atoms with E-state index in [1.807, 2.05) is 74.5 Å². The van der Waals surface area contributed by atoms with Gasteiger partial charge in [0.05, 0.1) is 5.56 Å². The first-order valence-electron chi connectivity index (χ1n) is 9.53. The van der Waals surface area contributed by atoms with Crippen molar-refractivity contribution < 1.29 is 14.3 Å². The SMILES string of the molecule is C=Cc1ccc(COc2cc(C)c3c(c2)O/C(=C\c2cccc(C)c2)C3=O)cc1. The van der Waals surface area contributed by atoms with Crippen molar-refractivity contribution >= 4 is 17.9 Å². The van der Waals surface area contributed by atoms with Gasteiger partial charge in [0, 0.05) is 6.07 Å². The third-order valence-electron chi connectivity index (χ3n) is 4.90. The highest BCUT2D eigenvalue weighted by Gasteiger charge is 2.30. The number of allylic oxidation sites excluding steroid dienone is 1. The predicted octanol–water partition coefficient (Wildman–Crippen LogP) is 6.14. The fourth-order valence-corrected chi connectivity index (χ4v) is 3.39. The van der Waals surface area contributed by atoms with Crippen LogP contribution in [0.15, 0.2) is 73.0 Å². The van der Waals surface area contributed by atoms with Crippen LogP contribution in [0.5, 0.6) is 11.5 Å². The van der Waals surface area contributed by atoms with Crippen molar-refractivity contribution in [3.05, 3.63) is 106 Å². The Kier molecular flexibility index (Phi) is 5.05. The summed E-state index contributed by atoms with van der Waals surface area (Å²) in [6, 6.07) is 19.7. The van der Waals surface area contributed by atoms with E-state index >= 15 is 0 Å². The standard InChI is InChI=1S/C26H22O3/c1-4-19-8-10-20(11-9-19)16-28-22-13-18(3)25-23(15-22)29-24(26(25)27)14-21-7-5-6-17(2)12-21/h4-15H,1,16H2,2-3H3/b24-14-. The molecule has 0 fully saturated rings. The van der Waals surface area contributed by atoms with Gasteiger partial charge in [0.1, 0.15) is 18.1 Å². The maximum absolute atomic E-state index is 12.8. The molecule has 0 spiro atoms. The van der Waals surface area contributed by atoms with Crippen molar-refractivity contribution in [2.24, 2.45) is 0 Å². The van der Waals surface area contributed by atoms with Crippen molar-refractivity contribution in [2.45, 2.75) is 20.5 Å². The van der Waals surface area contributed by atoms with E-state index in [1.54, 1.807) is 12.1 Å². The largest absolute Gasteiger partial charge is 0.489 e. The van der Waals surface area contributed by atoms with E-state index in [9.17, 15) is 4.79 Å². The van der Waals surface area contributed by atoms with Crippen LogP contribution in [0.2, 0.25) is 0 Å². The van der Waals surface area contributed by atoms with E-state index < -0.39 is 0 Å². The maximum Gasteiger partial charge on any atom is 0.232 e. The van der Waals surface area contributed by atoms with Crippen molar-refractivity contribution in [2.75, 3.05) is 0 Å². The number of rotatable bonds is 5. The van der Waals surface area contributed by atoms with Gasteiger partial charge in [-0.2, -0.15) is 0 Å². The van der Waals surface area contributed by atoms with Crippen LogP contribution in [0.4, 0.5) is 0 Å². The van der Waals surface area contributed by atoms with Crippen LogP contribution in [0.3, 0.4) is 0 Å². The zero-order valence-electron chi connectivity index (χ0n) is 16.6. The normalized spacial score (nSPS) is 13.9. The number of Topliss-reactive ketones (excluding diaryl/α,β-unsaturated/α-hetero) is 1. The van der Waals surface area contributed by atoms with Gasteiger partial charge in [0.25, 0.3) is 0 Å². The Morgan fingerprint density at radius 2 is 1.79 bits per heavy atom. The van der Waals surface area contributed by atoms with Crippen molar-refractivity contribution in [3.63, 3.8) is 0 Å². The first-order valence-corrected chi connectivity index (χ1v) is 9.53. The molecule has 4 rings (SSSR count). The molecule has 0 bridgehead atoms. The average molecular weight is 382 g/mol. The van der Waals surface area contributed by atoms with E-state index in [-0.39, 0.29) is 5.78 Å². The number of carbonyl (C=O) groups is 1. The third kappa shape index (κ3) is 3.99. The van der Waals surface area contributed by atoms with Crippen LogP contribution in [0.25, 0.3) is 12.2 Å². The minimum atomic E-state index is -0.0921. The van der Waals surface area contributed by atoms with Crippen LogP contribution >= 0.6 is 0 Å². The Labute approximate surface area is 170 Å². The summed E-state index contributed by atoms with van der Waals surface area (Å²) in [5, 5.41) is 0. The molecule has 0 aliphatic carbocycles. The number of aryl methyl sites for hydroxylation is 2. The van der Waals surface area contributed by atoms with Crippen molar-refractivity contribution in [1.82, 2.24) is 0 Å². The fourth-order valence-electron chi connectivity index (χ4n) is 3.39. The highest BCUT2D eigenvalue weighted by molar-refractivity contribution is 6.15. The van der Waals surface area contributed by atoms with E-state index in [1.165, 1.54) is 0 Å². The molecule has 29 heavy (non-hydrogen) atoms. The monoisotopic (exact) mass is 382 g/mol. The molecule has 0 unspecified atom stereocenters. The molecule has 1 heterocycles. The quantitative estimate of drug-likeness (QED) is 0.497. The molecule has 3 aromatic rings. The average Bonchev–Trinajstić information content (AvgIpc) is 3.02. The lowest BCUT2D eigenvalue weighted by Crippen LogP contribution is -2.00. The Bertz CT molecular complexity index is 1120. The van der Waals surface area contributed by atoms with Gasteiger partial charge >= 0.3 is 0 Å². The van der Waals surface area contributed by atoms with Gasteiger partial charge in [-0.1, -0.05) is 66.7 Å². The molecular weight excluding hydrogens is 360 g/mol. The highest BCUT2D eigenvalue weighted by Crippen LogP contribution is 2.37. The van der Waals surface area contributed by atoms with Crippen LogP contribution < -0.4 is 9.47 Å². The number of hydrogen-bond donors (Lipinski definition) is 0. The zero-order chi connectivity index (χ0) is 20.4. The molecule has 0 atom stereocenters. The second-order valence-electron chi connectivity index (χ2n) is 7.20. The maximum atomic E-state index is 12.8. The summed E-state index contributed by atoms with van der Waals surface area (Å²) >= 11 is 0. The van der Waals surface area contributed by atoms with Gasteiger partial charge in [0.2, 0.25) is 5.78 Å². The zero-order valence-corrected chi connectivity index (χ0v) is 16.6. The topological polar surface area (TPSA) is 35.5 Å². The van der Waals surface area contributed by atoms with Gasteiger partial charge in [-0.05, 0) is 48.2 Å². The lowest BCUT2D eigenvalue weighted by Gasteiger charge is -2.09. The van der Waals surface area contributed by atoms with Gasteiger partial charge in [0.15, 0.2) is 5.76 Å². The molecular formula is C26H22O3. The first-order chi connectivity index (χ1) is 14.0. The first kappa shape index (κ1) is 18.8. The molecule has 3 aromatic carbocycles. The second-order valence-corrected chi connectivity index (χ2v) is 7.20. The number of ketones is 1. The summed E-state index contributed by atoms with van der Waals surface area (Å²) in [5.74, 6) is 1.47. The fraction of sp³-hybridized carbons (Fsp3) is 0.115. The van der Waals surface area contributed by atoms with Crippen LogP contribution in [-0.2, 0) is 6.61 Å². The third-order valence-corrected chi connectivity index (χ3v) is 4.90. The van der Waals surface area contributed by atoms with Crippen LogP contribution in [0.1, 0.15) is 38.2 Å². The van der Waals surface area contributed by atoms with Crippen LogP contribution in [-0.4, -0.2) is 5.78 Å². The highest BCUT2D eigenvalue weighted by atomic mass is 16.5. The van der Waals surface area contributed by atoms with E-state index in [2.05, 4.69) is 6.58 Å². The lowest BCUT2D eigenvalue weighted by molar-refractivity contribution is 0.101. The van der Waals surface area contributed by atoms with Gasteiger partial charge in [-0.25, -0.2) is 0 Å². The molecule has 1 aliphatic rings. The molecule has 3 nitrogen and oxygen atoms in total. The van der Waals surface area contributed by atoms with Gasteiger partial charge in [-0.3, -0.25) is 4.79 Å². The van der Waals surface area contributed by atoms with E-state index in [0.717, 1.165) is 27.8 Å². The molecule has 0 saturated heterocycles.